The van der Waals surface area contributed by atoms with Gasteiger partial charge in [-0.25, -0.2) is 17.5 Å². The van der Waals surface area contributed by atoms with E-state index in [4.69, 9.17) is 16.3 Å². The average molecular weight is 308 g/mol. The molecule has 0 aliphatic carbocycles. The SMILES string of the molecule is O=S(=O)(NCC1CCCOC1)c1ccc(F)c(Cl)c1. The van der Waals surface area contributed by atoms with Crippen LogP contribution in [0, 0.1) is 11.7 Å². The molecule has 1 unspecified atom stereocenters. The first-order valence-electron chi connectivity index (χ1n) is 6.01. The molecule has 1 saturated heterocycles. The summed E-state index contributed by atoms with van der Waals surface area (Å²) in [6.07, 6.45) is 1.88. The highest BCUT2D eigenvalue weighted by Crippen LogP contribution is 2.20. The summed E-state index contributed by atoms with van der Waals surface area (Å²) < 4.78 is 44.8. The lowest BCUT2D eigenvalue weighted by Crippen LogP contribution is -2.33. The summed E-state index contributed by atoms with van der Waals surface area (Å²) in [4.78, 5) is -0.0318. The fourth-order valence-electron chi connectivity index (χ4n) is 1.92. The van der Waals surface area contributed by atoms with Gasteiger partial charge in [-0.05, 0) is 37.0 Å². The number of hydrogen-bond donors (Lipinski definition) is 1. The monoisotopic (exact) mass is 307 g/mol. The molecule has 0 saturated carbocycles. The highest BCUT2D eigenvalue weighted by atomic mass is 35.5. The van der Waals surface area contributed by atoms with Gasteiger partial charge in [0.15, 0.2) is 0 Å². The van der Waals surface area contributed by atoms with E-state index in [1.165, 1.54) is 6.07 Å². The van der Waals surface area contributed by atoms with Crippen molar-refractivity contribution in [3.63, 3.8) is 0 Å². The van der Waals surface area contributed by atoms with Crippen molar-refractivity contribution in [1.29, 1.82) is 0 Å². The van der Waals surface area contributed by atoms with Crippen LogP contribution in [0.25, 0.3) is 0 Å². The van der Waals surface area contributed by atoms with Crippen molar-refractivity contribution in [1.82, 2.24) is 4.72 Å². The predicted molar refractivity (Wildman–Crippen MR) is 70.1 cm³/mol. The summed E-state index contributed by atoms with van der Waals surface area (Å²) >= 11 is 5.58. The molecule has 1 aliphatic rings. The fourth-order valence-corrected chi connectivity index (χ4v) is 3.31. The number of nitrogens with one attached hydrogen (secondary N) is 1. The molecule has 1 fully saturated rings. The Hall–Kier alpha value is -0.690. The first-order valence-corrected chi connectivity index (χ1v) is 7.87. The Bertz CT molecular complexity index is 544. The molecular formula is C12H15ClFNO3S. The number of hydrogen-bond acceptors (Lipinski definition) is 3. The zero-order valence-corrected chi connectivity index (χ0v) is 11.8. The molecule has 1 atom stereocenters. The second-order valence-electron chi connectivity index (χ2n) is 4.51. The van der Waals surface area contributed by atoms with Gasteiger partial charge in [-0.1, -0.05) is 11.6 Å². The molecule has 1 heterocycles. The first-order chi connectivity index (χ1) is 8.99. The van der Waals surface area contributed by atoms with Crippen LogP contribution in [-0.4, -0.2) is 28.2 Å². The molecule has 1 aromatic rings. The van der Waals surface area contributed by atoms with E-state index in [-0.39, 0.29) is 15.8 Å². The van der Waals surface area contributed by atoms with E-state index in [0.29, 0.717) is 13.2 Å². The minimum Gasteiger partial charge on any atom is -0.381 e. The van der Waals surface area contributed by atoms with Crippen LogP contribution in [0.3, 0.4) is 0 Å². The quantitative estimate of drug-likeness (QED) is 0.927. The van der Waals surface area contributed by atoms with Gasteiger partial charge in [-0.3, -0.25) is 0 Å². The van der Waals surface area contributed by atoms with Gasteiger partial charge in [0.05, 0.1) is 16.5 Å². The third-order valence-corrected chi connectivity index (χ3v) is 4.73. The normalized spacial score (nSPS) is 20.4. The largest absolute Gasteiger partial charge is 0.381 e. The van der Waals surface area contributed by atoms with Crippen LogP contribution in [0.1, 0.15) is 12.8 Å². The van der Waals surface area contributed by atoms with Crippen LogP contribution >= 0.6 is 11.6 Å². The van der Waals surface area contributed by atoms with Crippen LogP contribution in [0.2, 0.25) is 5.02 Å². The van der Waals surface area contributed by atoms with Crippen molar-refractivity contribution in [3.8, 4) is 0 Å². The molecule has 0 aromatic heterocycles. The zero-order valence-electron chi connectivity index (χ0n) is 10.2. The van der Waals surface area contributed by atoms with E-state index in [2.05, 4.69) is 4.72 Å². The summed E-state index contributed by atoms with van der Waals surface area (Å²) in [5.74, 6) is -0.458. The van der Waals surface area contributed by atoms with E-state index >= 15 is 0 Å². The summed E-state index contributed by atoms with van der Waals surface area (Å²) in [6.45, 7) is 1.61. The minimum absolute atomic E-state index is 0.0318. The Morgan fingerprint density at radius 2 is 2.26 bits per heavy atom. The molecule has 0 spiro atoms. The van der Waals surface area contributed by atoms with Gasteiger partial charge in [0.2, 0.25) is 10.0 Å². The second-order valence-corrected chi connectivity index (χ2v) is 6.69. The van der Waals surface area contributed by atoms with Crippen LogP contribution in [0.4, 0.5) is 4.39 Å². The van der Waals surface area contributed by atoms with Crippen LogP contribution in [0.5, 0.6) is 0 Å². The molecule has 1 N–H and O–H groups in total. The summed E-state index contributed by atoms with van der Waals surface area (Å²) in [5.41, 5.74) is 0. The molecule has 1 aromatic carbocycles. The second kappa shape index (κ2) is 6.17. The molecule has 106 valence electrons. The third kappa shape index (κ3) is 3.89. The van der Waals surface area contributed by atoms with Crippen molar-refractivity contribution < 1.29 is 17.5 Å². The Kier molecular flexibility index (Phi) is 4.78. The molecule has 4 nitrogen and oxygen atoms in total. The molecule has 0 bridgehead atoms. The average Bonchev–Trinajstić information content (AvgIpc) is 2.41. The highest BCUT2D eigenvalue weighted by molar-refractivity contribution is 7.89. The Morgan fingerprint density at radius 3 is 2.89 bits per heavy atom. The van der Waals surface area contributed by atoms with Crippen molar-refractivity contribution >= 4 is 21.6 Å². The molecule has 2 rings (SSSR count). The topological polar surface area (TPSA) is 55.4 Å². The van der Waals surface area contributed by atoms with Crippen LogP contribution in [-0.2, 0) is 14.8 Å². The summed E-state index contributed by atoms with van der Waals surface area (Å²) in [5, 5.41) is -0.205. The predicted octanol–water partition coefficient (Wildman–Crippen LogP) is 2.18. The first kappa shape index (κ1) is 14.7. The lowest BCUT2D eigenvalue weighted by molar-refractivity contribution is 0.0568. The summed E-state index contributed by atoms with van der Waals surface area (Å²) in [7, 11) is -3.66. The standard InChI is InChI=1S/C12H15ClFNO3S/c13-11-6-10(3-4-12(11)14)19(16,17)15-7-9-2-1-5-18-8-9/h3-4,6,9,15H,1-2,5,7-8H2. The lowest BCUT2D eigenvalue weighted by Gasteiger charge is -2.22. The van der Waals surface area contributed by atoms with Crippen molar-refractivity contribution in [2.24, 2.45) is 5.92 Å². The Labute approximate surface area is 117 Å². The lowest BCUT2D eigenvalue weighted by atomic mass is 10.0. The van der Waals surface area contributed by atoms with Crippen molar-refractivity contribution in [2.75, 3.05) is 19.8 Å². The molecule has 19 heavy (non-hydrogen) atoms. The number of sulfonamides is 1. The van der Waals surface area contributed by atoms with Crippen LogP contribution < -0.4 is 4.72 Å². The van der Waals surface area contributed by atoms with Gasteiger partial charge in [-0.15, -0.1) is 0 Å². The molecule has 1 aliphatic heterocycles. The molecular weight excluding hydrogens is 293 g/mol. The smallest absolute Gasteiger partial charge is 0.240 e. The maximum Gasteiger partial charge on any atom is 0.240 e. The Morgan fingerprint density at radius 1 is 1.47 bits per heavy atom. The number of rotatable bonds is 4. The van der Waals surface area contributed by atoms with Gasteiger partial charge in [0, 0.05) is 13.2 Å². The van der Waals surface area contributed by atoms with Gasteiger partial charge >= 0.3 is 0 Å². The molecule has 7 heteroatoms. The zero-order chi connectivity index (χ0) is 13.9. The van der Waals surface area contributed by atoms with Crippen LogP contribution in [0.15, 0.2) is 23.1 Å². The van der Waals surface area contributed by atoms with E-state index in [0.717, 1.165) is 31.6 Å². The summed E-state index contributed by atoms with van der Waals surface area (Å²) in [6, 6.07) is 3.35. The fraction of sp³-hybridized carbons (Fsp3) is 0.500. The third-order valence-electron chi connectivity index (χ3n) is 3.02. The van der Waals surface area contributed by atoms with Gasteiger partial charge in [0.25, 0.3) is 0 Å². The number of halogens is 2. The van der Waals surface area contributed by atoms with E-state index in [1.807, 2.05) is 0 Å². The molecule has 0 radical (unpaired) electrons. The number of ether oxygens (including phenoxy) is 1. The maximum absolute atomic E-state index is 13.0. The van der Waals surface area contributed by atoms with Crippen molar-refractivity contribution in [3.05, 3.63) is 29.0 Å². The van der Waals surface area contributed by atoms with Gasteiger partial charge in [0.1, 0.15) is 5.82 Å². The van der Waals surface area contributed by atoms with Crippen molar-refractivity contribution in [2.45, 2.75) is 17.7 Å². The highest BCUT2D eigenvalue weighted by Gasteiger charge is 2.19. The number of benzene rings is 1. The molecule has 0 amide bonds. The van der Waals surface area contributed by atoms with E-state index in [9.17, 15) is 12.8 Å². The van der Waals surface area contributed by atoms with E-state index < -0.39 is 15.8 Å². The van der Waals surface area contributed by atoms with Gasteiger partial charge in [-0.2, -0.15) is 0 Å². The minimum atomic E-state index is -3.66. The van der Waals surface area contributed by atoms with E-state index in [1.54, 1.807) is 0 Å². The Balaban J connectivity index is 2.02. The van der Waals surface area contributed by atoms with Gasteiger partial charge < -0.3 is 4.74 Å². The maximum atomic E-state index is 13.0.